The largest absolute Gasteiger partial charge is 0.496 e. The average Bonchev–Trinajstić information content (AvgIpc) is 2.66. The summed E-state index contributed by atoms with van der Waals surface area (Å²) < 4.78 is 12.0. The number of aromatic nitrogens is 2. The van der Waals surface area contributed by atoms with Gasteiger partial charge < -0.3 is 9.47 Å². The van der Waals surface area contributed by atoms with Gasteiger partial charge >= 0.3 is 5.97 Å². The van der Waals surface area contributed by atoms with Gasteiger partial charge in [0.1, 0.15) is 18.0 Å². The van der Waals surface area contributed by atoms with E-state index in [0.29, 0.717) is 28.2 Å². The molecule has 144 valence electrons. The van der Waals surface area contributed by atoms with Crippen LogP contribution >= 0.6 is 0 Å². The molecule has 3 rings (SSSR count). The molecule has 0 aliphatic carbocycles. The van der Waals surface area contributed by atoms with Crippen molar-refractivity contribution in [3.63, 3.8) is 0 Å². The molecule has 2 aromatic heterocycles. The van der Waals surface area contributed by atoms with Crippen LogP contribution in [0.25, 0.3) is 5.65 Å². The fourth-order valence-corrected chi connectivity index (χ4v) is 2.93. The molecule has 7 nitrogen and oxygen atoms in total. The quantitative estimate of drug-likeness (QED) is 0.482. The molecule has 2 heterocycles. The number of carbonyl (C=O) groups excluding carboxylic acids is 2. The summed E-state index contributed by atoms with van der Waals surface area (Å²) in [6.07, 6.45) is -0.0596. The smallest absolute Gasteiger partial charge is 0.310 e. The highest BCUT2D eigenvalue weighted by atomic mass is 16.5. The zero-order valence-corrected chi connectivity index (χ0v) is 15.9. The molecule has 0 aliphatic heterocycles. The van der Waals surface area contributed by atoms with Crippen molar-refractivity contribution >= 4 is 17.4 Å². The minimum Gasteiger partial charge on any atom is -0.496 e. The van der Waals surface area contributed by atoms with Gasteiger partial charge in [-0.3, -0.25) is 18.8 Å². The second-order valence-corrected chi connectivity index (χ2v) is 6.37. The Balaban J connectivity index is 1.75. The lowest BCUT2D eigenvalue weighted by Gasteiger charge is -2.10. The van der Waals surface area contributed by atoms with Crippen LogP contribution in [0.15, 0.2) is 47.3 Å². The van der Waals surface area contributed by atoms with Crippen molar-refractivity contribution in [2.24, 2.45) is 0 Å². The van der Waals surface area contributed by atoms with E-state index in [4.69, 9.17) is 9.47 Å². The molecule has 0 unspecified atom stereocenters. The zero-order chi connectivity index (χ0) is 20.3. The number of carbonyl (C=O) groups is 2. The Hall–Kier alpha value is -3.48. The Labute approximate surface area is 161 Å². The Morgan fingerprint density at radius 3 is 2.64 bits per heavy atom. The molecule has 3 aromatic rings. The molecule has 0 fully saturated rings. The molecule has 28 heavy (non-hydrogen) atoms. The van der Waals surface area contributed by atoms with Gasteiger partial charge in [0.25, 0.3) is 5.56 Å². The number of methoxy groups -OCH3 is 1. The van der Waals surface area contributed by atoms with Crippen LogP contribution in [0.3, 0.4) is 0 Å². The first-order chi connectivity index (χ1) is 13.4. The fourth-order valence-electron chi connectivity index (χ4n) is 2.93. The number of hydrogen-bond acceptors (Lipinski definition) is 6. The third-order valence-electron chi connectivity index (χ3n) is 4.34. The zero-order valence-electron chi connectivity index (χ0n) is 15.9. The van der Waals surface area contributed by atoms with Crippen molar-refractivity contribution < 1.29 is 19.1 Å². The molecule has 0 N–H and O–H groups in total. The molecular formula is C21H20N2O5. The minimum atomic E-state index is -0.509. The third-order valence-corrected chi connectivity index (χ3v) is 4.34. The van der Waals surface area contributed by atoms with Crippen molar-refractivity contribution in [1.82, 2.24) is 9.38 Å². The summed E-state index contributed by atoms with van der Waals surface area (Å²) in [6.45, 7) is 3.15. The van der Waals surface area contributed by atoms with Gasteiger partial charge in [0.15, 0.2) is 5.78 Å². The lowest BCUT2D eigenvalue weighted by atomic mass is 10.0. The van der Waals surface area contributed by atoms with Crippen LogP contribution in [-0.2, 0) is 22.6 Å². The summed E-state index contributed by atoms with van der Waals surface area (Å²) in [4.78, 5) is 40.5. The first-order valence-electron chi connectivity index (χ1n) is 8.71. The first-order valence-corrected chi connectivity index (χ1v) is 8.71. The summed E-state index contributed by atoms with van der Waals surface area (Å²) >= 11 is 0. The highest BCUT2D eigenvalue weighted by Crippen LogP contribution is 2.21. The molecule has 0 saturated carbocycles. The average molecular weight is 380 g/mol. The Morgan fingerprint density at radius 1 is 1.14 bits per heavy atom. The molecule has 1 aromatic carbocycles. The number of aryl methyl sites for hydroxylation is 1. The van der Waals surface area contributed by atoms with Gasteiger partial charge in [-0.1, -0.05) is 6.07 Å². The SMILES string of the molecule is COc1ccc(C(C)=O)cc1CC(=O)OCc1cc(=O)n2c(C)cccc2n1. The second-order valence-electron chi connectivity index (χ2n) is 6.37. The summed E-state index contributed by atoms with van der Waals surface area (Å²) in [5, 5.41) is 0. The van der Waals surface area contributed by atoms with Gasteiger partial charge in [-0.25, -0.2) is 4.98 Å². The lowest BCUT2D eigenvalue weighted by Crippen LogP contribution is -2.18. The number of hydrogen-bond donors (Lipinski definition) is 0. The van der Waals surface area contributed by atoms with E-state index < -0.39 is 5.97 Å². The van der Waals surface area contributed by atoms with E-state index in [-0.39, 0.29) is 24.4 Å². The van der Waals surface area contributed by atoms with E-state index in [0.717, 1.165) is 5.69 Å². The van der Waals surface area contributed by atoms with Crippen molar-refractivity contribution in [1.29, 1.82) is 0 Å². The maximum atomic E-state index is 12.3. The molecule has 0 amide bonds. The third kappa shape index (κ3) is 4.09. The fraction of sp³-hybridized carbons (Fsp3) is 0.238. The monoisotopic (exact) mass is 380 g/mol. The first kappa shape index (κ1) is 19.3. The summed E-state index contributed by atoms with van der Waals surface area (Å²) in [5.74, 6) is -0.113. The summed E-state index contributed by atoms with van der Waals surface area (Å²) in [6, 6.07) is 11.6. The van der Waals surface area contributed by atoms with Crippen molar-refractivity contribution in [3.05, 3.63) is 75.3 Å². The second kappa shape index (κ2) is 8.04. The molecule has 0 aliphatic rings. The van der Waals surface area contributed by atoms with Crippen LogP contribution in [-0.4, -0.2) is 28.2 Å². The number of ether oxygens (including phenoxy) is 2. The summed E-state index contributed by atoms with van der Waals surface area (Å²) in [5.41, 5.74) is 2.45. The number of benzene rings is 1. The van der Waals surface area contributed by atoms with E-state index in [9.17, 15) is 14.4 Å². The highest BCUT2D eigenvalue weighted by molar-refractivity contribution is 5.94. The number of fused-ring (bicyclic) bond motifs is 1. The van der Waals surface area contributed by atoms with Crippen LogP contribution in [0.1, 0.15) is 34.2 Å². The van der Waals surface area contributed by atoms with Crippen LogP contribution in [0.5, 0.6) is 5.75 Å². The highest BCUT2D eigenvalue weighted by Gasteiger charge is 2.13. The van der Waals surface area contributed by atoms with Gasteiger partial charge in [-0.15, -0.1) is 0 Å². The standard InChI is InChI=1S/C21H20N2O5/c1-13-5-4-6-19-22-17(11-20(25)23(13)19)12-28-21(26)10-16-9-15(14(2)24)7-8-18(16)27-3/h4-9,11H,10,12H2,1-3H3. The van der Waals surface area contributed by atoms with Gasteiger partial charge in [-0.2, -0.15) is 0 Å². The predicted octanol–water partition coefficient (Wildman–Crippen LogP) is 2.50. The van der Waals surface area contributed by atoms with Crippen LogP contribution in [0, 0.1) is 6.92 Å². The molecule has 0 radical (unpaired) electrons. The number of nitrogens with zero attached hydrogens (tertiary/aromatic N) is 2. The molecule has 7 heteroatoms. The van der Waals surface area contributed by atoms with E-state index in [1.54, 1.807) is 30.3 Å². The van der Waals surface area contributed by atoms with Gasteiger partial charge in [-0.05, 0) is 44.2 Å². The van der Waals surface area contributed by atoms with Crippen molar-refractivity contribution in [2.75, 3.05) is 7.11 Å². The van der Waals surface area contributed by atoms with Crippen LogP contribution in [0.4, 0.5) is 0 Å². The number of Topliss-reactive ketones (excluding diaryl/α,β-unsaturated/α-hetero) is 1. The van der Waals surface area contributed by atoms with Crippen molar-refractivity contribution in [2.45, 2.75) is 26.9 Å². The molecular weight excluding hydrogens is 360 g/mol. The van der Waals surface area contributed by atoms with Gasteiger partial charge in [0, 0.05) is 22.9 Å². The maximum absolute atomic E-state index is 12.3. The predicted molar refractivity (Wildman–Crippen MR) is 103 cm³/mol. The van der Waals surface area contributed by atoms with Gasteiger partial charge in [0.2, 0.25) is 0 Å². The number of rotatable bonds is 6. The molecule has 0 saturated heterocycles. The molecule has 0 atom stereocenters. The topological polar surface area (TPSA) is 87.0 Å². The van der Waals surface area contributed by atoms with Crippen LogP contribution < -0.4 is 10.3 Å². The Bertz CT molecular complexity index is 1120. The normalized spacial score (nSPS) is 10.7. The number of pyridine rings is 1. The molecule has 0 bridgehead atoms. The van der Waals surface area contributed by atoms with Crippen molar-refractivity contribution in [3.8, 4) is 5.75 Å². The van der Waals surface area contributed by atoms with E-state index in [1.807, 2.05) is 13.0 Å². The Morgan fingerprint density at radius 2 is 1.93 bits per heavy atom. The lowest BCUT2D eigenvalue weighted by molar-refractivity contribution is -0.144. The van der Waals surface area contributed by atoms with E-state index in [1.165, 1.54) is 24.5 Å². The molecule has 0 spiro atoms. The van der Waals surface area contributed by atoms with Crippen LogP contribution in [0.2, 0.25) is 0 Å². The summed E-state index contributed by atoms with van der Waals surface area (Å²) in [7, 11) is 1.49. The minimum absolute atomic E-state index is 0.0596. The van der Waals surface area contributed by atoms with E-state index in [2.05, 4.69) is 4.98 Å². The maximum Gasteiger partial charge on any atom is 0.310 e. The number of esters is 1. The Kier molecular flexibility index (Phi) is 5.54. The van der Waals surface area contributed by atoms with Gasteiger partial charge in [0.05, 0.1) is 19.2 Å². The number of ketones is 1. The van der Waals surface area contributed by atoms with E-state index >= 15 is 0 Å².